The van der Waals surface area contributed by atoms with Crippen LogP contribution in [0.4, 0.5) is 0 Å². The Hall–Kier alpha value is -3.03. The summed E-state index contributed by atoms with van der Waals surface area (Å²) in [6, 6.07) is 14.4. The minimum absolute atomic E-state index is 0.0795. The third-order valence-electron chi connectivity index (χ3n) is 6.18. The predicted molar refractivity (Wildman–Crippen MR) is 151 cm³/mol. The van der Waals surface area contributed by atoms with Crippen molar-refractivity contribution in [3.05, 3.63) is 87.2 Å². The van der Waals surface area contributed by atoms with Gasteiger partial charge in [-0.15, -0.1) is 0 Å². The van der Waals surface area contributed by atoms with Gasteiger partial charge in [-0.1, -0.05) is 36.4 Å². The van der Waals surface area contributed by atoms with Gasteiger partial charge in [0.05, 0.1) is 18.4 Å². The zero-order valence-corrected chi connectivity index (χ0v) is 24.0. The van der Waals surface area contributed by atoms with E-state index in [1.807, 2.05) is 50.2 Å². The van der Waals surface area contributed by atoms with Crippen LogP contribution in [-0.2, 0) is 25.8 Å². The molecule has 5 atom stereocenters. The van der Waals surface area contributed by atoms with Crippen molar-refractivity contribution in [2.24, 2.45) is 0 Å². The first kappa shape index (κ1) is 29.9. The van der Waals surface area contributed by atoms with Crippen LogP contribution in [0.5, 0.6) is 5.75 Å². The SMILES string of the molecule is CC(NP(O)(=S)OC[C@H]1O[C@@H](n2ccc(=O)[nH]c2=O)[C@](C)(O)[C@@H]1O)=C(Oc1cccc2ccccc12)OC(C)C. The number of aromatic nitrogens is 2. The summed E-state index contributed by atoms with van der Waals surface area (Å²) < 4.78 is 24.1. The Morgan fingerprint density at radius 1 is 1.23 bits per heavy atom. The first-order valence-electron chi connectivity index (χ1n) is 12.4. The van der Waals surface area contributed by atoms with Gasteiger partial charge in [0.1, 0.15) is 23.6 Å². The zero-order valence-electron chi connectivity index (χ0n) is 22.3. The number of allylic oxidation sites excluding steroid dienone is 1. The minimum atomic E-state index is -3.75. The Morgan fingerprint density at radius 2 is 1.93 bits per heavy atom. The summed E-state index contributed by atoms with van der Waals surface area (Å²) in [4.78, 5) is 36.6. The predicted octanol–water partition coefficient (Wildman–Crippen LogP) is 2.22. The summed E-state index contributed by atoms with van der Waals surface area (Å²) >= 11 is 5.28. The quantitative estimate of drug-likeness (QED) is 0.173. The van der Waals surface area contributed by atoms with E-state index in [0.29, 0.717) is 5.75 Å². The van der Waals surface area contributed by atoms with Crippen molar-refractivity contribution in [2.75, 3.05) is 6.61 Å². The van der Waals surface area contributed by atoms with Crippen LogP contribution in [0.3, 0.4) is 0 Å². The van der Waals surface area contributed by atoms with E-state index < -0.39 is 48.5 Å². The number of aromatic amines is 1. The molecule has 3 aromatic rings. The highest BCUT2D eigenvalue weighted by Crippen LogP contribution is 2.43. The number of rotatable bonds is 10. The highest BCUT2D eigenvalue weighted by atomic mass is 32.5. The number of hydrogen-bond donors (Lipinski definition) is 5. The number of nitrogens with zero attached hydrogens (tertiary/aromatic N) is 1. The minimum Gasteiger partial charge on any atom is -0.461 e. The van der Waals surface area contributed by atoms with E-state index in [9.17, 15) is 24.7 Å². The van der Waals surface area contributed by atoms with Crippen LogP contribution in [0.25, 0.3) is 10.8 Å². The van der Waals surface area contributed by atoms with Gasteiger partial charge < -0.3 is 38.9 Å². The zero-order chi connectivity index (χ0) is 29.2. The van der Waals surface area contributed by atoms with Gasteiger partial charge in [0.25, 0.3) is 12.2 Å². The van der Waals surface area contributed by atoms with Crippen LogP contribution >= 0.6 is 6.64 Å². The number of nitrogens with one attached hydrogen (secondary N) is 2. The highest BCUT2D eigenvalue weighted by molar-refractivity contribution is 8.08. The molecule has 2 aromatic carbocycles. The van der Waals surface area contributed by atoms with Crippen molar-refractivity contribution in [3.8, 4) is 5.75 Å². The Balaban J connectivity index is 1.50. The second-order valence-corrected chi connectivity index (χ2v) is 12.8. The molecule has 1 saturated heterocycles. The van der Waals surface area contributed by atoms with Gasteiger partial charge >= 0.3 is 11.6 Å². The molecule has 5 N–H and O–H groups in total. The lowest BCUT2D eigenvalue weighted by Crippen LogP contribution is -2.46. The lowest BCUT2D eigenvalue weighted by atomic mass is 9.96. The Kier molecular flexibility index (Phi) is 8.86. The smallest absolute Gasteiger partial charge is 0.330 e. The van der Waals surface area contributed by atoms with E-state index in [4.69, 9.17) is 30.5 Å². The number of fused-ring (bicyclic) bond motifs is 1. The number of aliphatic hydroxyl groups excluding tert-OH is 1. The van der Waals surface area contributed by atoms with E-state index >= 15 is 0 Å². The van der Waals surface area contributed by atoms with E-state index in [1.165, 1.54) is 6.92 Å². The van der Waals surface area contributed by atoms with Crippen molar-refractivity contribution < 1.29 is 33.8 Å². The lowest BCUT2D eigenvalue weighted by molar-refractivity contribution is -0.0984. The summed E-state index contributed by atoms with van der Waals surface area (Å²) in [6.07, 6.45) is -3.15. The number of aliphatic hydroxyl groups is 2. The molecule has 1 unspecified atom stereocenters. The van der Waals surface area contributed by atoms with E-state index in [-0.39, 0.29) is 17.7 Å². The van der Waals surface area contributed by atoms with Gasteiger partial charge in [-0.2, -0.15) is 0 Å². The lowest BCUT2D eigenvalue weighted by Gasteiger charge is -2.27. The monoisotopic (exact) mass is 593 g/mol. The maximum atomic E-state index is 12.2. The number of H-pyrrole nitrogens is 1. The molecule has 1 aliphatic heterocycles. The fraction of sp³-hybridized carbons (Fsp3) is 0.385. The fourth-order valence-electron chi connectivity index (χ4n) is 4.24. The third-order valence-corrected chi connectivity index (χ3v) is 7.89. The van der Waals surface area contributed by atoms with Crippen molar-refractivity contribution in [3.63, 3.8) is 0 Å². The van der Waals surface area contributed by atoms with Crippen LogP contribution in [0.15, 0.2) is 76.0 Å². The molecule has 14 heteroatoms. The van der Waals surface area contributed by atoms with E-state index in [0.717, 1.165) is 27.6 Å². The van der Waals surface area contributed by atoms with Crippen molar-refractivity contribution in [1.29, 1.82) is 0 Å². The topological polar surface area (TPSA) is 164 Å². The van der Waals surface area contributed by atoms with Crippen LogP contribution in [0.2, 0.25) is 0 Å². The first-order valence-corrected chi connectivity index (χ1v) is 15.1. The number of ether oxygens (including phenoxy) is 3. The van der Waals surface area contributed by atoms with Gasteiger partial charge in [0.15, 0.2) is 6.23 Å². The second kappa shape index (κ2) is 11.8. The fourth-order valence-corrected chi connectivity index (χ4v) is 5.76. The normalized spacial score (nSPS) is 24.9. The molecule has 216 valence electrons. The summed E-state index contributed by atoms with van der Waals surface area (Å²) in [5.41, 5.74) is -3.11. The second-order valence-electron chi connectivity index (χ2n) is 9.80. The Bertz CT molecular complexity index is 1560. The summed E-state index contributed by atoms with van der Waals surface area (Å²) in [5.74, 6) is 0.617. The average Bonchev–Trinajstić information content (AvgIpc) is 3.10. The van der Waals surface area contributed by atoms with Gasteiger partial charge in [-0.05, 0) is 51.0 Å². The molecule has 12 nitrogen and oxygen atoms in total. The molecule has 2 heterocycles. The maximum absolute atomic E-state index is 12.2. The molecule has 0 saturated carbocycles. The van der Waals surface area contributed by atoms with E-state index in [2.05, 4.69) is 10.1 Å². The summed E-state index contributed by atoms with van der Waals surface area (Å²) in [5, 5.41) is 26.1. The average molecular weight is 594 g/mol. The molecule has 0 bridgehead atoms. The van der Waals surface area contributed by atoms with Crippen molar-refractivity contribution in [2.45, 2.75) is 57.8 Å². The summed E-state index contributed by atoms with van der Waals surface area (Å²) in [6.45, 7) is 2.35. The number of benzene rings is 2. The van der Waals surface area contributed by atoms with Gasteiger partial charge in [-0.3, -0.25) is 14.3 Å². The van der Waals surface area contributed by atoms with Gasteiger partial charge in [0, 0.05) is 17.6 Å². The number of hydrogen-bond acceptors (Lipinski definition) is 9. The first-order chi connectivity index (χ1) is 18.8. The molecule has 0 amide bonds. The van der Waals surface area contributed by atoms with Crippen LogP contribution in [0, 0.1) is 0 Å². The molecule has 1 aromatic heterocycles. The third kappa shape index (κ3) is 6.64. The highest BCUT2D eigenvalue weighted by Gasteiger charge is 2.53. The standard InChI is InChI=1S/C26H32N3O9PS/c1-15(2)36-23(37-19-11-7-9-17-8-5-6-10-18(17)19)16(3)28-39(34,40)35-14-20-22(31)26(4,33)24(38-20)29-13-12-21(30)27-25(29)32/h5-13,15,20,22,24,31,33H,14H2,1-4H3,(H,27,30,32)(H2,28,34,40)/t20-,22-,24-,26-,39?/m1/s1. The van der Waals surface area contributed by atoms with Crippen molar-refractivity contribution in [1.82, 2.24) is 14.6 Å². The van der Waals surface area contributed by atoms with Crippen molar-refractivity contribution >= 4 is 29.2 Å². The molecule has 4 rings (SSSR count). The van der Waals surface area contributed by atoms with Crippen LogP contribution in [-0.4, -0.2) is 55.2 Å². The summed E-state index contributed by atoms with van der Waals surface area (Å²) in [7, 11) is 0. The molecule has 1 fully saturated rings. The Morgan fingerprint density at radius 3 is 2.62 bits per heavy atom. The molecule has 0 spiro atoms. The van der Waals surface area contributed by atoms with Crippen LogP contribution < -0.4 is 21.1 Å². The molecular formula is C26H32N3O9PS. The van der Waals surface area contributed by atoms with Crippen LogP contribution in [0.1, 0.15) is 33.9 Å². The molecule has 40 heavy (non-hydrogen) atoms. The molecular weight excluding hydrogens is 561 g/mol. The Labute approximate surface area is 235 Å². The van der Waals surface area contributed by atoms with Gasteiger partial charge in [0.2, 0.25) is 0 Å². The van der Waals surface area contributed by atoms with Gasteiger partial charge in [-0.25, -0.2) is 4.79 Å². The molecule has 1 aliphatic rings. The maximum Gasteiger partial charge on any atom is 0.330 e. The largest absolute Gasteiger partial charge is 0.461 e. The van der Waals surface area contributed by atoms with E-state index in [1.54, 1.807) is 13.0 Å². The molecule has 0 aliphatic carbocycles. The molecule has 0 radical (unpaired) electrons.